The van der Waals surface area contributed by atoms with Crippen LogP contribution in [-0.2, 0) is 11.3 Å². The molecule has 2 aliphatic rings. The van der Waals surface area contributed by atoms with Gasteiger partial charge >= 0.3 is 0 Å². The lowest BCUT2D eigenvalue weighted by atomic mass is 9.92. The SMILES string of the molecule is O=C(Nc1cc(CN2CCC(C(=O)NC3CCCCC3)CC2)ccc1Cl)c1ccc(Cl)cc1. The lowest BCUT2D eigenvalue weighted by molar-refractivity contribution is -0.127. The maximum absolute atomic E-state index is 12.7. The van der Waals surface area contributed by atoms with Gasteiger partial charge < -0.3 is 10.6 Å². The fourth-order valence-electron chi connectivity index (χ4n) is 4.74. The van der Waals surface area contributed by atoms with Gasteiger partial charge in [0.1, 0.15) is 0 Å². The van der Waals surface area contributed by atoms with Crippen LogP contribution in [0.15, 0.2) is 42.5 Å². The first kappa shape index (κ1) is 24.1. The van der Waals surface area contributed by atoms with Gasteiger partial charge in [-0.3, -0.25) is 14.5 Å². The Hall–Kier alpha value is -2.08. The van der Waals surface area contributed by atoms with E-state index in [-0.39, 0.29) is 17.7 Å². The molecule has 0 spiro atoms. The van der Waals surface area contributed by atoms with Crippen LogP contribution in [0.4, 0.5) is 5.69 Å². The number of nitrogens with zero attached hydrogens (tertiary/aromatic N) is 1. The number of carbonyl (C=O) groups is 2. The first-order valence-electron chi connectivity index (χ1n) is 11.9. The van der Waals surface area contributed by atoms with Crippen LogP contribution < -0.4 is 10.6 Å². The second-order valence-electron chi connectivity index (χ2n) is 9.17. The summed E-state index contributed by atoms with van der Waals surface area (Å²) in [5, 5.41) is 7.27. The van der Waals surface area contributed by atoms with Crippen molar-refractivity contribution in [2.75, 3.05) is 18.4 Å². The smallest absolute Gasteiger partial charge is 0.255 e. The van der Waals surface area contributed by atoms with Gasteiger partial charge in [-0.2, -0.15) is 0 Å². The fraction of sp³-hybridized carbons (Fsp3) is 0.462. The molecule has 0 unspecified atom stereocenters. The second kappa shape index (κ2) is 11.4. The molecule has 0 radical (unpaired) electrons. The van der Waals surface area contributed by atoms with Gasteiger partial charge in [0.2, 0.25) is 5.91 Å². The van der Waals surface area contributed by atoms with E-state index in [1.165, 1.54) is 19.3 Å². The van der Waals surface area contributed by atoms with Crippen molar-refractivity contribution in [1.82, 2.24) is 10.2 Å². The van der Waals surface area contributed by atoms with Gasteiger partial charge in [0.25, 0.3) is 5.91 Å². The van der Waals surface area contributed by atoms with Crippen molar-refractivity contribution in [1.29, 1.82) is 0 Å². The summed E-state index contributed by atoms with van der Waals surface area (Å²) in [7, 11) is 0. The van der Waals surface area contributed by atoms with E-state index in [0.29, 0.717) is 27.3 Å². The van der Waals surface area contributed by atoms with Crippen molar-refractivity contribution < 1.29 is 9.59 Å². The van der Waals surface area contributed by atoms with E-state index in [1.807, 2.05) is 18.2 Å². The Morgan fingerprint density at radius 3 is 2.30 bits per heavy atom. The number of amides is 2. The lowest BCUT2D eigenvalue weighted by Gasteiger charge is -2.32. The molecular formula is C26H31Cl2N3O2. The summed E-state index contributed by atoms with van der Waals surface area (Å²) in [6, 6.07) is 12.9. The molecule has 0 atom stereocenters. The van der Waals surface area contributed by atoms with E-state index < -0.39 is 0 Å². The molecule has 7 heteroatoms. The minimum Gasteiger partial charge on any atom is -0.353 e. The van der Waals surface area contributed by atoms with E-state index in [9.17, 15) is 9.59 Å². The van der Waals surface area contributed by atoms with Gasteiger partial charge in [-0.05, 0) is 80.7 Å². The molecule has 2 fully saturated rings. The number of likely N-dealkylation sites (tertiary alicyclic amines) is 1. The maximum atomic E-state index is 12.7. The number of carbonyl (C=O) groups excluding carboxylic acids is 2. The van der Waals surface area contributed by atoms with Crippen LogP contribution in [0.3, 0.4) is 0 Å². The van der Waals surface area contributed by atoms with Crippen LogP contribution in [0.2, 0.25) is 10.0 Å². The first-order chi connectivity index (χ1) is 16.0. The van der Waals surface area contributed by atoms with Gasteiger partial charge in [0.05, 0.1) is 10.7 Å². The van der Waals surface area contributed by atoms with E-state index in [2.05, 4.69) is 15.5 Å². The predicted octanol–water partition coefficient (Wildman–Crippen LogP) is 5.91. The third-order valence-electron chi connectivity index (χ3n) is 6.70. The minimum atomic E-state index is -0.226. The van der Waals surface area contributed by atoms with Gasteiger partial charge in [0, 0.05) is 29.1 Å². The van der Waals surface area contributed by atoms with Crippen LogP contribution in [0.25, 0.3) is 0 Å². The van der Waals surface area contributed by atoms with Crippen LogP contribution in [0.1, 0.15) is 60.9 Å². The number of rotatable bonds is 6. The monoisotopic (exact) mass is 487 g/mol. The Kier molecular flexibility index (Phi) is 8.29. The highest BCUT2D eigenvalue weighted by Gasteiger charge is 2.27. The van der Waals surface area contributed by atoms with Crippen LogP contribution in [-0.4, -0.2) is 35.8 Å². The van der Waals surface area contributed by atoms with Gasteiger partial charge in [-0.25, -0.2) is 0 Å². The van der Waals surface area contributed by atoms with Crippen molar-refractivity contribution in [3.8, 4) is 0 Å². The third-order valence-corrected chi connectivity index (χ3v) is 7.28. The third kappa shape index (κ3) is 6.72. The van der Waals surface area contributed by atoms with Gasteiger partial charge in [0.15, 0.2) is 0 Å². The molecule has 0 bridgehead atoms. The maximum Gasteiger partial charge on any atom is 0.255 e. The molecule has 0 aromatic heterocycles. The zero-order valence-corrected chi connectivity index (χ0v) is 20.3. The summed E-state index contributed by atoms with van der Waals surface area (Å²) in [5.41, 5.74) is 2.20. The molecule has 176 valence electrons. The van der Waals surface area contributed by atoms with E-state index in [4.69, 9.17) is 23.2 Å². The summed E-state index contributed by atoms with van der Waals surface area (Å²) in [5.74, 6) is 0.123. The van der Waals surface area contributed by atoms with Crippen LogP contribution in [0, 0.1) is 5.92 Å². The van der Waals surface area contributed by atoms with E-state index in [0.717, 1.165) is 50.9 Å². The molecule has 2 N–H and O–H groups in total. The summed E-state index contributed by atoms with van der Waals surface area (Å²) >= 11 is 12.2. The van der Waals surface area contributed by atoms with Crippen molar-refractivity contribution in [2.45, 2.75) is 57.5 Å². The predicted molar refractivity (Wildman–Crippen MR) is 134 cm³/mol. The Labute approximate surface area is 205 Å². The summed E-state index contributed by atoms with van der Waals surface area (Å²) < 4.78 is 0. The topological polar surface area (TPSA) is 61.4 Å². The lowest BCUT2D eigenvalue weighted by Crippen LogP contribution is -2.44. The average Bonchev–Trinajstić information content (AvgIpc) is 2.83. The number of benzene rings is 2. The number of hydrogen-bond acceptors (Lipinski definition) is 3. The fourth-order valence-corrected chi connectivity index (χ4v) is 5.03. The number of halogens is 2. The molecule has 1 aliphatic carbocycles. The molecule has 1 aliphatic heterocycles. The van der Waals surface area contributed by atoms with E-state index >= 15 is 0 Å². The minimum absolute atomic E-state index is 0.114. The summed E-state index contributed by atoms with van der Waals surface area (Å²) in [6.07, 6.45) is 7.76. The van der Waals surface area contributed by atoms with Crippen molar-refractivity contribution >= 4 is 40.7 Å². The van der Waals surface area contributed by atoms with Crippen molar-refractivity contribution in [3.05, 3.63) is 63.6 Å². The van der Waals surface area contributed by atoms with Gasteiger partial charge in [-0.1, -0.05) is 48.5 Å². The standard InChI is InChI=1S/C26H31Cl2N3O2/c27-21-9-7-19(8-10-21)26(33)30-24-16-18(6-11-23(24)28)17-31-14-12-20(13-15-31)25(32)29-22-4-2-1-3-5-22/h6-11,16,20,22H,1-5,12-15,17H2,(H,29,32)(H,30,33). The van der Waals surface area contributed by atoms with E-state index in [1.54, 1.807) is 24.3 Å². The molecule has 33 heavy (non-hydrogen) atoms. The first-order valence-corrected chi connectivity index (χ1v) is 12.6. The Balaban J connectivity index is 1.29. The molecular weight excluding hydrogens is 457 g/mol. The largest absolute Gasteiger partial charge is 0.353 e. The quantitative estimate of drug-likeness (QED) is 0.532. The highest BCUT2D eigenvalue weighted by Crippen LogP contribution is 2.26. The van der Waals surface area contributed by atoms with Crippen LogP contribution >= 0.6 is 23.2 Å². The van der Waals surface area contributed by atoms with Gasteiger partial charge in [-0.15, -0.1) is 0 Å². The average molecular weight is 488 g/mol. The second-order valence-corrected chi connectivity index (χ2v) is 10.0. The zero-order valence-electron chi connectivity index (χ0n) is 18.8. The molecule has 5 nitrogen and oxygen atoms in total. The molecule has 2 amide bonds. The Morgan fingerprint density at radius 1 is 0.909 bits per heavy atom. The molecule has 4 rings (SSSR count). The van der Waals surface area contributed by atoms with Crippen molar-refractivity contribution in [3.63, 3.8) is 0 Å². The zero-order chi connectivity index (χ0) is 23.2. The highest BCUT2D eigenvalue weighted by molar-refractivity contribution is 6.34. The number of anilines is 1. The molecule has 1 heterocycles. The summed E-state index contributed by atoms with van der Waals surface area (Å²) in [6.45, 7) is 2.54. The number of hydrogen-bond donors (Lipinski definition) is 2. The van der Waals surface area contributed by atoms with Crippen LogP contribution in [0.5, 0.6) is 0 Å². The highest BCUT2D eigenvalue weighted by atomic mass is 35.5. The normalized spacial score (nSPS) is 18.1. The van der Waals surface area contributed by atoms with Crippen molar-refractivity contribution in [2.24, 2.45) is 5.92 Å². The number of nitrogens with one attached hydrogen (secondary N) is 2. The Morgan fingerprint density at radius 2 is 1.61 bits per heavy atom. The molecule has 2 aromatic carbocycles. The Bertz CT molecular complexity index is 966. The molecule has 2 aromatic rings. The summed E-state index contributed by atoms with van der Waals surface area (Å²) in [4.78, 5) is 27.6. The molecule has 1 saturated carbocycles. The number of piperidine rings is 1. The molecule has 1 saturated heterocycles.